The molecule has 1 aromatic heterocycles. The van der Waals surface area contributed by atoms with Gasteiger partial charge in [0.15, 0.2) is 16.6 Å². The number of carbonyl (C=O) groups excluding carboxylic acids is 2. The highest BCUT2D eigenvalue weighted by Gasteiger charge is 2.16. The number of Topliss-reactive ketones (excluding diaryl/α,β-unsaturated/α-hetero) is 2. The van der Waals surface area contributed by atoms with Crippen molar-refractivity contribution in [2.24, 2.45) is 0 Å². The SMILES string of the molecule is COc1ccc(C(=O)CC(=O)c2nc(Br)cs2)cc1. The first-order valence-corrected chi connectivity index (χ1v) is 7.09. The lowest BCUT2D eigenvalue weighted by Crippen LogP contribution is -2.08. The molecule has 0 radical (unpaired) electrons. The molecule has 0 aliphatic heterocycles. The Labute approximate surface area is 122 Å². The van der Waals surface area contributed by atoms with Crippen molar-refractivity contribution in [3.05, 3.63) is 44.8 Å². The lowest BCUT2D eigenvalue weighted by molar-refractivity contribution is 0.0894. The van der Waals surface area contributed by atoms with Crippen LogP contribution in [-0.2, 0) is 0 Å². The second-order valence-corrected chi connectivity index (χ2v) is 5.40. The Morgan fingerprint density at radius 1 is 1.26 bits per heavy atom. The van der Waals surface area contributed by atoms with Crippen LogP contribution in [0.2, 0.25) is 0 Å². The highest BCUT2D eigenvalue weighted by molar-refractivity contribution is 9.10. The van der Waals surface area contributed by atoms with Gasteiger partial charge in [-0.05, 0) is 40.2 Å². The van der Waals surface area contributed by atoms with Gasteiger partial charge in [0.05, 0.1) is 13.5 Å². The van der Waals surface area contributed by atoms with Crippen LogP contribution in [0.15, 0.2) is 34.2 Å². The molecule has 2 rings (SSSR count). The Bertz CT molecular complexity index is 607. The van der Waals surface area contributed by atoms with Crippen molar-refractivity contribution in [3.63, 3.8) is 0 Å². The highest BCUT2D eigenvalue weighted by atomic mass is 79.9. The second-order valence-electron chi connectivity index (χ2n) is 3.73. The van der Waals surface area contributed by atoms with Crippen LogP contribution >= 0.6 is 27.3 Å². The molecular formula is C13H10BrNO3S. The van der Waals surface area contributed by atoms with Crippen molar-refractivity contribution in [1.82, 2.24) is 4.98 Å². The number of hydrogen-bond donors (Lipinski definition) is 0. The van der Waals surface area contributed by atoms with E-state index in [0.29, 0.717) is 20.9 Å². The number of nitrogens with zero attached hydrogens (tertiary/aromatic N) is 1. The average Bonchev–Trinajstić information content (AvgIpc) is 2.85. The Morgan fingerprint density at radius 2 is 1.95 bits per heavy atom. The van der Waals surface area contributed by atoms with Crippen molar-refractivity contribution in [3.8, 4) is 5.75 Å². The monoisotopic (exact) mass is 339 g/mol. The maximum Gasteiger partial charge on any atom is 0.199 e. The molecule has 0 saturated heterocycles. The van der Waals surface area contributed by atoms with Crippen LogP contribution in [-0.4, -0.2) is 23.7 Å². The van der Waals surface area contributed by atoms with Gasteiger partial charge in [0.2, 0.25) is 0 Å². The summed E-state index contributed by atoms with van der Waals surface area (Å²) in [6.07, 6.45) is -0.174. The summed E-state index contributed by atoms with van der Waals surface area (Å²) in [6, 6.07) is 6.67. The maximum atomic E-state index is 11.9. The normalized spacial score (nSPS) is 10.2. The van der Waals surface area contributed by atoms with E-state index in [4.69, 9.17) is 4.74 Å². The molecule has 0 aliphatic rings. The summed E-state index contributed by atoms with van der Waals surface area (Å²) in [5.41, 5.74) is 0.491. The summed E-state index contributed by atoms with van der Waals surface area (Å²) < 4.78 is 5.62. The van der Waals surface area contributed by atoms with Gasteiger partial charge in [0.1, 0.15) is 10.4 Å². The molecule has 1 aromatic carbocycles. The van der Waals surface area contributed by atoms with E-state index in [0.717, 1.165) is 0 Å². The summed E-state index contributed by atoms with van der Waals surface area (Å²) in [6.45, 7) is 0. The van der Waals surface area contributed by atoms with Crippen LogP contribution in [0.25, 0.3) is 0 Å². The summed E-state index contributed by atoms with van der Waals surface area (Å²) in [4.78, 5) is 27.8. The van der Waals surface area contributed by atoms with Crippen LogP contribution in [0.5, 0.6) is 5.75 Å². The first kappa shape index (κ1) is 13.9. The molecule has 0 aliphatic carbocycles. The number of benzene rings is 1. The lowest BCUT2D eigenvalue weighted by Gasteiger charge is -2.01. The van der Waals surface area contributed by atoms with E-state index in [1.165, 1.54) is 11.3 Å². The third-order valence-electron chi connectivity index (χ3n) is 2.45. The number of hydrogen-bond acceptors (Lipinski definition) is 5. The van der Waals surface area contributed by atoms with E-state index in [9.17, 15) is 9.59 Å². The Kier molecular flexibility index (Phi) is 4.44. The number of rotatable bonds is 5. The predicted molar refractivity (Wildman–Crippen MR) is 76.1 cm³/mol. The van der Waals surface area contributed by atoms with Crippen LogP contribution in [0.4, 0.5) is 0 Å². The molecule has 0 unspecified atom stereocenters. The molecule has 0 bridgehead atoms. The molecular weight excluding hydrogens is 330 g/mol. The third-order valence-corrected chi connectivity index (χ3v) is 4.04. The van der Waals surface area contributed by atoms with Gasteiger partial charge < -0.3 is 4.74 Å². The standard InChI is InChI=1S/C13H10BrNO3S/c1-18-9-4-2-8(3-5-9)10(16)6-11(17)13-15-12(14)7-19-13/h2-5,7H,6H2,1H3. The summed E-state index contributed by atoms with van der Waals surface area (Å²) in [7, 11) is 1.56. The van der Waals surface area contributed by atoms with Crippen molar-refractivity contribution in [1.29, 1.82) is 0 Å². The largest absolute Gasteiger partial charge is 0.497 e. The van der Waals surface area contributed by atoms with E-state index in [2.05, 4.69) is 20.9 Å². The molecule has 0 fully saturated rings. The minimum Gasteiger partial charge on any atom is -0.497 e. The fraction of sp³-hybridized carbons (Fsp3) is 0.154. The smallest absolute Gasteiger partial charge is 0.199 e. The summed E-state index contributed by atoms with van der Waals surface area (Å²) in [5, 5.41) is 2.05. The van der Waals surface area contributed by atoms with E-state index >= 15 is 0 Å². The van der Waals surface area contributed by atoms with Gasteiger partial charge in [-0.1, -0.05) is 0 Å². The zero-order valence-corrected chi connectivity index (χ0v) is 12.5. The Hall–Kier alpha value is -1.53. The molecule has 0 amide bonds. The minimum absolute atomic E-state index is 0.174. The van der Waals surface area contributed by atoms with E-state index in [1.807, 2.05) is 0 Å². The number of aromatic nitrogens is 1. The van der Waals surface area contributed by atoms with Gasteiger partial charge in [-0.15, -0.1) is 11.3 Å². The maximum absolute atomic E-state index is 11.9. The number of halogens is 1. The molecule has 2 aromatic rings. The van der Waals surface area contributed by atoms with Crippen LogP contribution < -0.4 is 4.74 Å². The molecule has 0 atom stereocenters. The number of thiazole rings is 1. The minimum atomic E-state index is -0.267. The summed E-state index contributed by atoms with van der Waals surface area (Å²) >= 11 is 4.40. The van der Waals surface area contributed by atoms with Crippen LogP contribution in [0.3, 0.4) is 0 Å². The van der Waals surface area contributed by atoms with Gasteiger partial charge in [-0.25, -0.2) is 4.98 Å². The van der Waals surface area contributed by atoms with Gasteiger partial charge in [0, 0.05) is 10.9 Å². The molecule has 98 valence electrons. The lowest BCUT2D eigenvalue weighted by atomic mass is 10.1. The van der Waals surface area contributed by atoms with E-state index < -0.39 is 0 Å². The van der Waals surface area contributed by atoms with Crippen molar-refractivity contribution in [2.75, 3.05) is 7.11 Å². The molecule has 0 spiro atoms. The van der Waals surface area contributed by atoms with Crippen molar-refractivity contribution < 1.29 is 14.3 Å². The zero-order valence-electron chi connectivity index (χ0n) is 10.1. The summed E-state index contributed by atoms with van der Waals surface area (Å²) in [5.74, 6) is 0.183. The molecule has 19 heavy (non-hydrogen) atoms. The van der Waals surface area contributed by atoms with E-state index in [-0.39, 0.29) is 18.0 Å². The number of methoxy groups -OCH3 is 1. The number of carbonyl (C=O) groups is 2. The second kappa shape index (κ2) is 6.08. The molecule has 4 nitrogen and oxygen atoms in total. The fourth-order valence-electron chi connectivity index (χ4n) is 1.48. The molecule has 6 heteroatoms. The van der Waals surface area contributed by atoms with Crippen molar-refractivity contribution in [2.45, 2.75) is 6.42 Å². The van der Waals surface area contributed by atoms with E-state index in [1.54, 1.807) is 36.8 Å². The Balaban J connectivity index is 2.06. The van der Waals surface area contributed by atoms with Crippen LogP contribution in [0, 0.1) is 0 Å². The number of ether oxygens (including phenoxy) is 1. The third kappa shape index (κ3) is 3.48. The van der Waals surface area contributed by atoms with Gasteiger partial charge >= 0.3 is 0 Å². The predicted octanol–water partition coefficient (Wildman–Crippen LogP) is 3.37. The molecule has 0 saturated carbocycles. The van der Waals surface area contributed by atoms with Gasteiger partial charge in [-0.3, -0.25) is 9.59 Å². The zero-order chi connectivity index (χ0) is 13.8. The molecule has 1 heterocycles. The first-order chi connectivity index (χ1) is 9.10. The first-order valence-electron chi connectivity index (χ1n) is 5.41. The van der Waals surface area contributed by atoms with Gasteiger partial charge in [0.25, 0.3) is 0 Å². The average molecular weight is 340 g/mol. The van der Waals surface area contributed by atoms with Gasteiger partial charge in [-0.2, -0.15) is 0 Å². The van der Waals surface area contributed by atoms with Crippen molar-refractivity contribution >= 4 is 38.8 Å². The Morgan fingerprint density at radius 3 is 2.47 bits per heavy atom. The highest BCUT2D eigenvalue weighted by Crippen LogP contribution is 2.18. The number of ketones is 2. The van der Waals surface area contributed by atoms with Crippen LogP contribution in [0.1, 0.15) is 26.6 Å². The fourth-order valence-corrected chi connectivity index (χ4v) is 2.67. The quantitative estimate of drug-likeness (QED) is 0.619. The molecule has 0 N–H and O–H groups in total. The topological polar surface area (TPSA) is 56.3 Å².